The number of nitrogens with two attached hydrogens (primary N) is 1. The molecule has 1 heterocycles. The van der Waals surface area contributed by atoms with Gasteiger partial charge in [-0.1, -0.05) is 0 Å². The molecule has 4 heteroatoms. The SMILES string of the molecule is NC(CO)CSCC1CCCO1. The van der Waals surface area contributed by atoms with Crippen molar-refractivity contribution in [3.8, 4) is 0 Å². The normalized spacial score (nSPS) is 26.0. The molecule has 1 saturated heterocycles. The first-order chi connectivity index (χ1) is 5.83. The van der Waals surface area contributed by atoms with Crippen molar-refractivity contribution in [2.75, 3.05) is 24.7 Å². The molecule has 0 bridgehead atoms. The van der Waals surface area contributed by atoms with E-state index in [4.69, 9.17) is 15.6 Å². The van der Waals surface area contributed by atoms with Crippen LogP contribution in [-0.2, 0) is 4.74 Å². The van der Waals surface area contributed by atoms with Crippen LogP contribution in [0.2, 0.25) is 0 Å². The number of thioether (sulfide) groups is 1. The molecule has 0 saturated carbocycles. The Morgan fingerprint density at radius 1 is 1.67 bits per heavy atom. The third-order valence-electron chi connectivity index (χ3n) is 1.89. The minimum absolute atomic E-state index is 0.0728. The largest absolute Gasteiger partial charge is 0.395 e. The molecule has 0 aromatic rings. The molecule has 3 N–H and O–H groups in total. The zero-order chi connectivity index (χ0) is 8.81. The molecule has 12 heavy (non-hydrogen) atoms. The first-order valence-corrected chi connectivity index (χ1v) is 5.54. The number of hydrogen-bond acceptors (Lipinski definition) is 4. The Hall–Kier alpha value is 0.230. The second-order valence-corrected chi connectivity index (χ2v) is 4.19. The van der Waals surface area contributed by atoms with Crippen LogP contribution in [0.1, 0.15) is 12.8 Å². The van der Waals surface area contributed by atoms with Gasteiger partial charge in [0, 0.05) is 24.2 Å². The highest BCUT2D eigenvalue weighted by atomic mass is 32.2. The number of rotatable bonds is 5. The summed E-state index contributed by atoms with van der Waals surface area (Å²) >= 11 is 1.77. The van der Waals surface area contributed by atoms with E-state index in [1.54, 1.807) is 11.8 Å². The third-order valence-corrected chi connectivity index (χ3v) is 3.17. The van der Waals surface area contributed by atoms with Gasteiger partial charge in [-0.2, -0.15) is 11.8 Å². The van der Waals surface area contributed by atoms with Crippen LogP contribution in [0.25, 0.3) is 0 Å². The van der Waals surface area contributed by atoms with E-state index < -0.39 is 0 Å². The molecule has 0 aromatic carbocycles. The Bertz CT molecular complexity index is 118. The van der Waals surface area contributed by atoms with Gasteiger partial charge >= 0.3 is 0 Å². The van der Waals surface area contributed by atoms with E-state index in [1.807, 2.05) is 0 Å². The van der Waals surface area contributed by atoms with Crippen LogP contribution in [0.4, 0.5) is 0 Å². The van der Waals surface area contributed by atoms with Crippen LogP contribution in [0, 0.1) is 0 Å². The lowest BCUT2D eigenvalue weighted by atomic mass is 10.3. The van der Waals surface area contributed by atoms with Gasteiger partial charge in [-0.05, 0) is 12.8 Å². The molecule has 1 rings (SSSR count). The van der Waals surface area contributed by atoms with Gasteiger partial charge in [-0.25, -0.2) is 0 Å². The summed E-state index contributed by atoms with van der Waals surface area (Å²) in [7, 11) is 0. The fourth-order valence-electron chi connectivity index (χ4n) is 1.18. The summed E-state index contributed by atoms with van der Waals surface area (Å²) in [6.45, 7) is 0.996. The molecule has 72 valence electrons. The maximum Gasteiger partial charge on any atom is 0.0666 e. The third kappa shape index (κ3) is 3.76. The summed E-state index contributed by atoms with van der Waals surface area (Å²) < 4.78 is 5.44. The van der Waals surface area contributed by atoms with Crippen molar-refractivity contribution in [2.24, 2.45) is 5.73 Å². The molecule has 0 aliphatic carbocycles. The van der Waals surface area contributed by atoms with Gasteiger partial charge < -0.3 is 15.6 Å². The summed E-state index contributed by atoms with van der Waals surface area (Å²) in [6.07, 6.45) is 2.81. The zero-order valence-corrected chi connectivity index (χ0v) is 8.05. The van der Waals surface area contributed by atoms with Crippen LogP contribution in [0.3, 0.4) is 0 Å². The van der Waals surface area contributed by atoms with E-state index in [9.17, 15) is 0 Å². The molecule has 0 spiro atoms. The van der Waals surface area contributed by atoms with Crippen LogP contribution in [0.5, 0.6) is 0 Å². The molecule has 2 atom stereocenters. The first kappa shape index (κ1) is 10.3. The van der Waals surface area contributed by atoms with Crippen molar-refractivity contribution in [3.05, 3.63) is 0 Å². The highest BCUT2D eigenvalue weighted by molar-refractivity contribution is 7.99. The number of aliphatic hydroxyl groups is 1. The van der Waals surface area contributed by atoms with Crippen molar-refractivity contribution < 1.29 is 9.84 Å². The average Bonchev–Trinajstić information content (AvgIpc) is 2.57. The lowest BCUT2D eigenvalue weighted by Gasteiger charge is -2.10. The Balaban J connectivity index is 1.94. The van der Waals surface area contributed by atoms with Crippen molar-refractivity contribution in [3.63, 3.8) is 0 Å². The van der Waals surface area contributed by atoms with Crippen LogP contribution < -0.4 is 5.73 Å². The quantitative estimate of drug-likeness (QED) is 0.652. The van der Waals surface area contributed by atoms with Crippen molar-refractivity contribution >= 4 is 11.8 Å². The molecular formula is C8H17NO2S. The van der Waals surface area contributed by atoms with Crippen molar-refractivity contribution in [1.29, 1.82) is 0 Å². The van der Waals surface area contributed by atoms with E-state index in [0.717, 1.165) is 18.1 Å². The molecule has 2 unspecified atom stereocenters. The molecule has 0 aromatic heterocycles. The standard InChI is InChI=1S/C8H17NO2S/c9-7(4-10)5-12-6-8-2-1-3-11-8/h7-8,10H,1-6,9H2. The minimum atomic E-state index is -0.0728. The lowest BCUT2D eigenvalue weighted by molar-refractivity contribution is 0.129. The van der Waals surface area contributed by atoms with E-state index in [-0.39, 0.29) is 12.6 Å². The summed E-state index contributed by atoms with van der Waals surface area (Å²) in [4.78, 5) is 0. The predicted molar refractivity (Wildman–Crippen MR) is 51.4 cm³/mol. The second-order valence-electron chi connectivity index (χ2n) is 3.12. The average molecular weight is 191 g/mol. The minimum Gasteiger partial charge on any atom is -0.395 e. The van der Waals surface area contributed by atoms with E-state index in [0.29, 0.717) is 6.10 Å². The van der Waals surface area contributed by atoms with Gasteiger partial charge in [0.05, 0.1) is 12.7 Å². The molecule has 1 aliphatic heterocycles. The zero-order valence-electron chi connectivity index (χ0n) is 7.24. The van der Waals surface area contributed by atoms with Gasteiger partial charge in [-0.15, -0.1) is 0 Å². The summed E-state index contributed by atoms with van der Waals surface area (Å²) in [5.74, 6) is 1.85. The Labute approximate surface area is 77.7 Å². The summed E-state index contributed by atoms with van der Waals surface area (Å²) in [6, 6.07) is -0.0728. The Kier molecular flexibility index (Phi) is 4.99. The number of ether oxygens (including phenoxy) is 1. The van der Waals surface area contributed by atoms with Gasteiger partial charge in [-0.3, -0.25) is 0 Å². The monoisotopic (exact) mass is 191 g/mol. The predicted octanol–water partition coefficient (Wildman–Crippen LogP) is 0.218. The molecule has 1 fully saturated rings. The molecule has 1 aliphatic rings. The van der Waals surface area contributed by atoms with Gasteiger partial charge in [0.15, 0.2) is 0 Å². The molecule has 0 radical (unpaired) electrons. The Morgan fingerprint density at radius 3 is 3.08 bits per heavy atom. The smallest absolute Gasteiger partial charge is 0.0666 e. The number of aliphatic hydroxyl groups excluding tert-OH is 1. The van der Waals surface area contributed by atoms with Crippen LogP contribution in [0.15, 0.2) is 0 Å². The lowest BCUT2D eigenvalue weighted by Crippen LogP contribution is -2.27. The Morgan fingerprint density at radius 2 is 2.50 bits per heavy atom. The van der Waals surface area contributed by atoms with E-state index in [2.05, 4.69) is 0 Å². The van der Waals surface area contributed by atoms with Crippen molar-refractivity contribution in [2.45, 2.75) is 25.0 Å². The first-order valence-electron chi connectivity index (χ1n) is 4.38. The highest BCUT2D eigenvalue weighted by Gasteiger charge is 2.15. The molecule has 0 amide bonds. The highest BCUT2D eigenvalue weighted by Crippen LogP contribution is 2.17. The van der Waals surface area contributed by atoms with Crippen LogP contribution in [-0.4, -0.2) is 42.0 Å². The maximum absolute atomic E-state index is 8.66. The van der Waals surface area contributed by atoms with Gasteiger partial charge in [0.25, 0.3) is 0 Å². The summed E-state index contributed by atoms with van der Waals surface area (Å²) in [5, 5.41) is 8.66. The van der Waals surface area contributed by atoms with Crippen molar-refractivity contribution in [1.82, 2.24) is 0 Å². The fourth-order valence-corrected chi connectivity index (χ4v) is 2.25. The second kappa shape index (κ2) is 5.80. The van der Waals surface area contributed by atoms with Gasteiger partial charge in [0.1, 0.15) is 0 Å². The van der Waals surface area contributed by atoms with E-state index >= 15 is 0 Å². The van der Waals surface area contributed by atoms with E-state index in [1.165, 1.54) is 12.8 Å². The summed E-state index contributed by atoms with van der Waals surface area (Å²) in [5.41, 5.74) is 5.55. The molecular weight excluding hydrogens is 174 g/mol. The van der Waals surface area contributed by atoms with Crippen LogP contribution >= 0.6 is 11.8 Å². The number of hydrogen-bond donors (Lipinski definition) is 2. The van der Waals surface area contributed by atoms with Gasteiger partial charge in [0.2, 0.25) is 0 Å². The topological polar surface area (TPSA) is 55.5 Å². The molecule has 3 nitrogen and oxygen atoms in total. The maximum atomic E-state index is 8.66. The fraction of sp³-hybridized carbons (Fsp3) is 1.00.